The van der Waals surface area contributed by atoms with Crippen molar-refractivity contribution in [2.24, 2.45) is 0 Å². The molecule has 6 nitrogen and oxygen atoms in total. The van der Waals surface area contributed by atoms with Crippen molar-refractivity contribution in [2.45, 2.75) is 38.5 Å². The van der Waals surface area contributed by atoms with E-state index >= 15 is 0 Å². The highest BCUT2D eigenvalue weighted by atomic mass is 127. The number of methoxy groups -OCH3 is 1. The van der Waals surface area contributed by atoms with Crippen LogP contribution in [0.3, 0.4) is 0 Å². The van der Waals surface area contributed by atoms with Crippen molar-refractivity contribution in [1.82, 2.24) is 9.88 Å². The first-order chi connectivity index (χ1) is 11.9. The minimum Gasteiger partial charge on any atom is -0.464 e. The van der Waals surface area contributed by atoms with E-state index in [2.05, 4.69) is 9.72 Å². The van der Waals surface area contributed by atoms with Gasteiger partial charge in [0.15, 0.2) is 18.2 Å². The molecule has 0 spiro atoms. The van der Waals surface area contributed by atoms with Gasteiger partial charge in [-0.1, -0.05) is 0 Å². The lowest BCUT2D eigenvalue weighted by Gasteiger charge is -2.39. The Morgan fingerprint density at radius 2 is 1.96 bits per heavy atom. The van der Waals surface area contributed by atoms with Crippen LogP contribution >= 0.6 is 22.6 Å². The molecule has 1 aromatic rings. The van der Waals surface area contributed by atoms with Crippen molar-refractivity contribution in [3.63, 3.8) is 0 Å². The topological polar surface area (TPSA) is 60.9 Å². The summed E-state index contributed by atoms with van der Waals surface area (Å²) in [6.45, 7) is 5.46. The number of ether oxygens (including phenoxy) is 3. The summed E-state index contributed by atoms with van der Waals surface area (Å²) >= 11 is 1.78. The minimum atomic E-state index is -4.66. The van der Waals surface area contributed by atoms with Crippen LogP contribution in [-0.2, 0) is 15.7 Å². The zero-order valence-corrected chi connectivity index (χ0v) is 17.0. The van der Waals surface area contributed by atoms with E-state index < -0.39 is 23.6 Å². The second kappa shape index (κ2) is 7.75. The fourth-order valence-corrected chi connectivity index (χ4v) is 3.05. The van der Waals surface area contributed by atoms with Crippen LogP contribution in [0.1, 0.15) is 38.1 Å². The normalized spacial score (nSPS) is 15.6. The second-order valence-corrected chi connectivity index (χ2v) is 8.00. The van der Waals surface area contributed by atoms with Gasteiger partial charge in [-0.05, 0) is 49.4 Å². The van der Waals surface area contributed by atoms with Crippen molar-refractivity contribution in [2.75, 3.05) is 27.0 Å². The Labute approximate surface area is 163 Å². The van der Waals surface area contributed by atoms with Gasteiger partial charge >= 0.3 is 12.3 Å². The fourth-order valence-electron chi connectivity index (χ4n) is 2.32. The summed E-state index contributed by atoms with van der Waals surface area (Å²) in [4.78, 5) is 17.1. The van der Waals surface area contributed by atoms with Crippen LogP contribution < -0.4 is 4.74 Å². The quantitative estimate of drug-likeness (QED) is 0.474. The third-order valence-electron chi connectivity index (χ3n) is 3.49. The van der Waals surface area contributed by atoms with E-state index in [1.165, 1.54) is 18.1 Å². The zero-order valence-electron chi connectivity index (χ0n) is 14.8. The van der Waals surface area contributed by atoms with Gasteiger partial charge in [-0.25, -0.2) is 9.78 Å². The van der Waals surface area contributed by atoms with E-state index in [0.717, 1.165) is 0 Å². The molecule has 1 fully saturated rings. The summed E-state index contributed by atoms with van der Waals surface area (Å²) in [5, 5.41) is 0. The van der Waals surface area contributed by atoms with Gasteiger partial charge in [-0.3, -0.25) is 0 Å². The molecule has 0 bridgehead atoms. The van der Waals surface area contributed by atoms with Gasteiger partial charge in [0.25, 0.3) is 0 Å². The third kappa shape index (κ3) is 5.12. The first-order valence-corrected chi connectivity index (χ1v) is 8.87. The van der Waals surface area contributed by atoms with Gasteiger partial charge in [0.2, 0.25) is 0 Å². The van der Waals surface area contributed by atoms with Crippen molar-refractivity contribution in [3.8, 4) is 5.75 Å². The Morgan fingerprint density at radius 3 is 2.46 bits per heavy atom. The summed E-state index contributed by atoms with van der Waals surface area (Å²) in [5.74, 6) is -0.638. The Morgan fingerprint density at radius 1 is 1.35 bits per heavy atom. The first kappa shape index (κ1) is 21.0. The van der Waals surface area contributed by atoms with E-state index in [-0.39, 0.29) is 40.8 Å². The molecule has 10 heteroatoms. The predicted molar refractivity (Wildman–Crippen MR) is 95.0 cm³/mol. The largest absolute Gasteiger partial charge is 0.464 e. The average molecular weight is 488 g/mol. The lowest BCUT2D eigenvalue weighted by molar-refractivity contribution is -0.143. The number of rotatable bonds is 4. The number of hydrogen-bond donors (Lipinski definition) is 0. The van der Waals surface area contributed by atoms with E-state index in [0.29, 0.717) is 0 Å². The Bertz CT molecular complexity index is 671. The molecule has 0 unspecified atom stereocenters. The number of aromatic nitrogens is 1. The monoisotopic (exact) mass is 488 g/mol. The number of likely N-dealkylation sites (tertiary alicyclic amines) is 1. The van der Waals surface area contributed by atoms with Gasteiger partial charge in [-0.2, -0.15) is 13.2 Å². The maximum absolute atomic E-state index is 13.3. The summed E-state index contributed by atoms with van der Waals surface area (Å²) in [5.41, 5.74) is -1.45. The molecule has 0 N–H and O–H groups in total. The lowest BCUT2D eigenvalue weighted by Crippen LogP contribution is -2.50. The van der Waals surface area contributed by atoms with Gasteiger partial charge in [-0.15, -0.1) is 0 Å². The van der Waals surface area contributed by atoms with Crippen LogP contribution in [0.15, 0.2) is 6.07 Å². The highest BCUT2D eigenvalue weighted by Crippen LogP contribution is 2.40. The predicted octanol–water partition coefficient (Wildman–Crippen LogP) is 4.02. The number of nitrogens with zero attached hydrogens (tertiary/aromatic N) is 2. The first-order valence-electron chi connectivity index (χ1n) is 7.79. The molecule has 0 aromatic carbocycles. The van der Waals surface area contributed by atoms with Crippen LogP contribution in [0.25, 0.3) is 0 Å². The lowest BCUT2D eigenvalue weighted by atomic mass is 9.96. The molecular formula is C16H20F3IN2O4. The molecular weight excluding hydrogens is 468 g/mol. The summed E-state index contributed by atoms with van der Waals surface area (Å²) in [6, 6.07) is 1.54. The highest BCUT2D eigenvalue weighted by Gasteiger charge is 2.41. The number of pyridine rings is 1. The van der Waals surface area contributed by atoms with E-state index in [4.69, 9.17) is 9.47 Å². The van der Waals surface area contributed by atoms with E-state index in [1.807, 2.05) is 0 Å². The van der Waals surface area contributed by atoms with Crippen molar-refractivity contribution < 1.29 is 32.2 Å². The molecule has 1 aromatic heterocycles. The van der Waals surface area contributed by atoms with Crippen molar-refractivity contribution in [1.29, 1.82) is 0 Å². The number of carbonyl (C=O) groups is 1. The summed E-state index contributed by atoms with van der Waals surface area (Å²) < 4.78 is 55.3. The molecule has 0 saturated carbocycles. The molecule has 1 aliphatic rings. The zero-order chi connectivity index (χ0) is 19.7. The SMILES string of the molecule is COCOc1c(I)cc(C2CN(C(=O)OC(C)(C)C)C2)nc1C(F)(F)F. The molecule has 1 aliphatic heterocycles. The molecule has 26 heavy (non-hydrogen) atoms. The standard InChI is InChI=1S/C16H20F3IN2O4/c1-15(2,3)26-14(23)22-6-9(7-22)11-5-10(20)12(25-8-24-4)13(21-11)16(17,18)19/h5,9H,6-8H2,1-4H3. The molecule has 2 heterocycles. The molecule has 0 atom stereocenters. The van der Waals surface area contributed by atoms with Crippen LogP contribution in [0.4, 0.5) is 18.0 Å². The minimum absolute atomic E-state index is 0.258. The van der Waals surface area contributed by atoms with Crippen LogP contribution in [0.5, 0.6) is 5.75 Å². The van der Waals surface area contributed by atoms with Crippen LogP contribution in [0, 0.1) is 3.57 Å². The van der Waals surface area contributed by atoms with Crippen molar-refractivity contribution in [3.05, 3.63) is 21.0 Å². The second-order valence-electron chi connectivity index (χ2n) is 6.84. The van der Waals surface area contributed by atoms with Crippen LogP contribution in [-0.4, -0.2) is 48.6 Å². The molecule has 1 amide bonds. The number of amides is 1. The molecule has 146 valence electrons. The maximum Gasteiger partial charge on any atom is 0.437 e. The van der Waals surface area contributed by atoms with Gasteiger partial charge in [0.1, 0.15) is 5.60 Å². The Kier molecular flexibility index (Phi) is 6.26. The average Bonchev–Trinajstić information content (AvgIpc) is 2.41. The highest BCUT2D eigenvalue weighted by molar-refractivity contribution is 14.1. The molecule has 0 aliphatic carbocycles. The van der Waals surface area contributed by atoms with E-state index in [1.54, 1.807) is 43.4 Å². The van der Waals surface area contributed by atoms with Gasteiger partial charge in [0.05, 0.1) is 3.57 Å². The fraction of sp³-hybridized carbons (Fsp3) is 0.625. The Balaban J connectivity index is 2.17. The number of carbonyl (C=O) groups excluding carboxylic acids is 1. The number of hydrogen-bond acceptors (Lipinski definition) is 5. The molecule has 2 rings (SSSR count). The Hall–Kier alpha value is -1.30. The summed E-state index contributed by atoms with van der Waals surface area (Å²) in [7, 11) is 1.32. The van der Waals surface area contributed by atoms with E-state index in [9.17, 15) is 18.0 Å². The van der Waals surface area contributed by atoms with Gasteiger partial charge < -0.3 is 19.1 Å². The molecule has 0 radical (unpaired) electrons. The number of halogens is 4. The molecule has 1 saturated heterocycles. The summed E-state index contributed by atoms with van der Waals surface area (Å²) in [6.07, 6.45) is -5.15. The third-order valence-corrected chi connectivity index (χ3v) is 4.29. The van der Waals surface area contributed by atoms with Gasteiger partial charge in [0, 0.05) is 31.8 Å². The maximum atomic E-state index is 13.3. The van der Waals surface area contributed by atoms with Crippen LogP contribution in [0.2, 0.25) is 0 Å². The smallest absolute Gasteiger partial charge is 0.437 e. The van der Waals surface area contributed by atoms with Crippen molar-refractivity contribution >= 4 is 28.7 Å². The number of alkyl halides is 3.